The van der Waals surface area contributed by atoms with Crippen molar-refractivity contribution >= 4 is 22.8 Å². The van der Waals surface area contributed by atoms with Crippen LogP contribution in [0.5, 0.6) is 0 Å². The SMILES string of the molecule is CC(C)C(NC(=O)C12CC3CC(CC(C3)C1)C2)C(=O)Nn1cnc2ccccc21. The van der Waals surface area contributed by atoms with Gasteiger partial charge in [0, 0.05) is 5.41 Å². The van der Waals surface area contributed by atoms with Gasteiger partial charge in [-0.25, -0.2) is 9.66 Å². The lowest BCUT2D eigenvalue weighted by Gasteiger charge is -2.55. The van der Waals surface area contributed by atoms with Crippen LogP contribution in [0.25, 0.3) is 11.0 Å². The summed E-state index contributed by atoms with van der Waals surface area (Å²) < 4.78 is 1.64. The lowest BCUT2D eigenvalue weighted by Crippen LogP contribution is -2.58. The standard InChI is InChI=1S/C23H30N4O2/c1-14(2)20(21(28)26-27-13-24-18-5-3-4-6-19(18)27)25-22(29)23-10-15-7-16(11-23)9-17(8-15)12-23/h3-6,13-17,20H,7-12H2,1-2H3,(H,25,29)(H,26,28). The maximum atomic E-state index is 13.4. The van der Waals surface area contributed by atoms with E-state index in [1.807, 2.05) is 38.1 Å². The fourth-order valence-corrected chi connectivity index (χ4v) is 6.45. The van der Waals surface area contributed by atoms with Crippen molar-refractivity contribution in [1.29, 1.82) is 0 Å². The third-order valence-corrected chi connectivity index (χ3v) is 7.44. The minimum absolute atomic E-state index is 0.00245. The summed E-state index contributed by atoms with van der Waals surface area (Å²) >= 11 is 0. The number of imidazole rings is 1. The van der Waals surface area contributed by atoms with Crippen molar-refractivity contribution in [3.05, 3.63) is 30.6 Å². The van der Waals surface area contributed by atoms with Gasteiger partial charge in [-0.1, -0.05) is 26.0 Å². The Hall–Kier alpha value is -2.37. The lowest BCUT2D eigenvalue weighted by atomic mass is 9.49. The fourth-order valence-electron chi connectivity index (χ4n) is 6.45. The zero-order valence-corrected chi connectivity index (χ0v) is 17.2. The number of para-hydroxylation sites is 2. The van der Waals surface area contributed by atoms with Crippen LogP contribution in [0.15, 0.2) is 30.6 Å². The molecule has 4 bridgehead atoms. The van der Waals surface area contributed by atoms with Crippen molar-refractivity contribution in [1.82, 2.24) is 15.0 Å². The minimum Gasteiger partial charge on any atom is -0.344 e. The van der Waals surface area contributed by atoms with Crippen LogP contribution in [0.1, 0.15) is 52.4 Å². The predicted molar refractivity (Wildman–Crippen MR) is 111 cm³/mol. The molecule has 0 saturated heterocycles. The molecule has 6 heteroatoms. The van der Waals surface area contributed by atoms with E-state index in [-0.39, 0.29) is 23.1 Å². The number of hydrogen-bond donors (Lipinski definition) is 2. The highest BCUT2D eigenvalue weighted by atomic mass is 16.2. The molecule has 0 radical (unpaired) electrons. The van der Waals surface area contributed by atoms with E-state index < -0.39 is 6.04 Å². The van der Waals surface area contributed by atoms with E-state index in [0.717, 1.165) is 30.3 Å². The highest BCUT2D eigenvalue weighted by molar-refractivity contribution is 5.95. The van der Waals surface area contributed by atoms with E-state index in [0.29, 0.717) is 17.8 Å². The van der Waals surface area contributed by atoms with Crippen LogP contribution < -0.4 is 10.7 Å². The molecule has 1 atom stereocenters. The highest BCUT2D eigenvalue weighted by Gasteiger charge is 2.55. The third kappa shape index (κ3) is 3.22. The molecule has 0 aliphatic heterocycles. The van der Waals surface area contributed by atoms with Crippen LogP contribution in [-0.4, -0.2) is 27.5 Å². The van der Waals surface area contributed by atoms with Gasteiger partial charge in [-0.2, -0.15) is 0 Å². The molecule has 1 aromatic carbocycles. The fraction of sp³-hybridized carbons (Fsp3) is 0.609. The molecule has 29 heavy (non-hydrogen) atoms. The van der Waals surface area contributed by atoms with Gasteiger partial charge < -0.3 is 5.32 Å². The normalized spacial score (nSPS) is 31.2. The Morgan fingerprint density at radius 2 is 1.69 bits per heavy atom. The topological polar surface area (TPSA) is 76.0 Å². The van der Waals surface area contributed by atoms with Gasteiger partial charge in [-0.3, -0.25) is 15.0 Å². The number of hydrogen-bond acceptors (Lipinski definition) is 3. The summed E-state index contributed by atoms with van der Waals surface area (Å²) in [6.45, 7) is 3.96. The van der Waals surface area contributed by atoms with Gasteiger partial charge in [0.1, 0.15) is 12.4 Å². The van der Waals surface area contributed by atoms with Crippen molar-refractivity contribution in [3.63, 3.8) is 0 Å². The molecular weight excluding hydrogens is 364 g/mol. The quantitative estimate of drug-likeness (QED) is 0.815. The van der Waals surface area contributed by atoms with E-state index in [4.69, 9.17) is 0 Å². The van der Waals surface area contributed by atoms with Crippen LogP contribution in [0.2, 0.25) is 0 Å². The average Bonchev–Trinajstić information content (AvgIpc) is 3.07. The Morgan fingerprint density at radius 1 is 1.07 bits per heavy atom. The second kappa shape index (κ2) is 6.85. The van der Waals surface area contributed by atoms with E-state index >= 15 is 0 Å². The lowest BCUT2D eigenvalue weighted by molar-refractivity contribution is -0.148. The molecule has 2 N–H and O–H groups in total. The van der Waals surface area contributed by atoms with Gasteiger partial charge >= 0.3 is 0 Å². The molecule has 6 nitrogen and oxygen atoms in total. The number of carbonyl (C=O) groups excluding carboxylic acids is 2. The molecule has 154 valence electrons. The maximum Gasteiger partial charge on any atom is 0.261 e. The molecule has 4 saturated carbocycles. The Balaban J connectivity index is 1.32. The highest BCUT2D eigenvalue weighted by Crippen LogP contribution is 2.60. The van der Waals surface area contributed by atoms with Gasteiger partial charge in [0.05, 0.1) is 11.0 Å². The molecule has 0 spiro atoms. The predicted octanol–water partition coefficient (Wildman–Crippen LogP) is 3.46. The smallest absolute Gasteiger partial charge is 0.261 e. The molecular formula is C23H30N4O2. The minimum atomic E-state index is -0.559. The summed E-state index contributed by atoms with van der Waals surface area (Å²) in [5.74, 6) is 2.02. The first-order valence-electron chi connectivity index (χ1n) is 11.0. The number of aromatic nitrogens is 2. The molecule has 2 amide bonds. The summed E-state index contributed by atoms with van der Waals surface area (Å²) in [5.41, 5.74) is 4.35. The molecule has 1 heterocycles. The van der Waals surface area contributed by atoms with E-state index in [1.165, 1.54) is 19.3 Å². The largest absolute Gasteiger partial charge is 0.344 e. The van der Waals surface area contributed by atoms with E-state index in [9.17, 15) is 9.59 Å². The average molecular weight is 395 g/mol. The Labute approximate surface area is 171 Å². The number of benzene rings is 1. The van der Waals surface area contributed by atoms with Crippen molar-refractivity contribution in [2.75, 3.05) is 5.43 Å². The first-order chi connectivity index (χ1) is 13.9. The summed E-state index contributed by atoms with van der Waals surface area (Å²) in [6, 6.07) is 7.11. The molecule has 4 fully saturated rings. The van der Waals surface area contributed by atoms with Gasteiger partial charge in [-0.15, -0.1) is 0 Å². The number of nitrogens with zero attached hydrogens (tertiary/aromatic N) is 2. The Kier molecular flexibility index (Phi) is 4.41. The number of carbonyl (C=O) groups is 2. The molecule has 2 aromatic rings. The van der Waals surface area contributed by atoms with Crippen molar-refractivity contribution in [3.8, 4) is 0 Å². The zero-order valence-electron chi connectivity index (χ0n) is 17.2. The second-order valence-electron chi connectivity index (χ2n) is 9.97. The number of fused-ring (bicyclic) bond motifs is 1. The summed E-state index contributed by atoms with van der Waals surface area (Å²) in [4.78, 5) is 30.8. The first kappa shape index (κ1) is 18.6. The van der Waals surface area contributed by atoms with Crippen LogP contribution >= 0.6 is 0 Å². The second-order valence-corrected chi connectivity index (χ2v) is 9.97. The molecule has 1 unspecified atom stereocenters. The zero-order chi connectivity index (χ0) is 20.2. The number of rotatable bonds is 5. The van der Waals surface area contributed by atoms with Gasteiger partial charge in [-0.05, 0) is 74.3 Å². The van der Waals surface area contributed by atoms with Gasteiger partial charge in [0.2, 0.25) is 5.91 Å². The van der Waals surface area contributed by atoms with Crippen LogP contribution in [-0.2, 0) is 9.59 Å². The van der Waals surface area contributed by atoms with E-state index in [2.05, 4.69) is 15.7 Å². The van der Waals surface area contributed by atoms with Crippen LogP contribution in [0.4, 0.5) is 0 Å². The van der Waals surface area contributed by atoms with Crippen LogP contribution in [0, 0.1) is 29.1 Å². The number of nitrogens with one attached hydrogen (secondary N) is 2. The van der Waals surface area contributed by atoms with Gasteiger partial charge in [0.15, 0.2) is 0 Å². The third-order valence-electron chi connectivity index (χ3n) is 7.44. The summed E-state index contributed by atoms with van der Waals surface area (Å²) in [6.07, 6.45) is 8.52. The summed E-state index contributed by atoms with van der Waals surface area (Å²) in [5, 5.41) is 3.15. The van der Waals surface area contributed by atoms with E-state index in [1.54, 1.807) is 11.0 Å². The van der Waals surface area contributed by atoms with Crippen molar-refractivity contribution < 1.29 is 9.59 Å². The maximum absolute atomic E-state index is 13.4. The summed E-state index contributed by atoms with van der Waals surface area (Å²) in [7, 11) is 0. The molecule has 6 rings (SSSR count). The number of amides is 2. The van der Waals surface area contributed by atoms with Crippen molar-refractivity contribution in [2.45, 2.75) is 58.4 Å². The molecule has 1 aromatic heterocycles. The molecule has 4 aliphatic rings. The Morgan fingerprint density at radius 3 is 2.31 bits per heavy atom. The Bertz CT molecular complexity index is 912. The van der Waals surface area contributed by atoms with Gasteiger partial charge in [0.25, 0.3) is 5.91 Å². The molecule has 4 aliphatic carbocycles. The van der Waals surface area contributed by atoms with Crippen LogP contribution in [0.3, 0.4) is 0 Å². The first-order valence-corrected chi connectivity index (χ1v) is 11.0. The van der Waals surface area contributed by atoms with Crippen molar-refractivity contribution in [2.24, 2.45) is 29.1 Å². The monoisotopic (exact) mass is 394 g/mol.